The highest BCUT2D eigenvalue weighted by Crippen LogP contribution is 2.26. The second-order valence-electron chi connectivity index (χ2n) is 3.89. The van der Waals surface area contributed by atoms with E-state index in [0.29, 0.717) is 12.2 Å². The molecule has 0 amide bonds. The number of benzene rings is 1. The topological polar surface area (TPSA) is 21.3 Å². The molecule has 0 spiro atoms. The Balaban J connectivity index is 1.99. The monoisotopic (exact) mass is 287 g/mol. The Hall–Kier alpha value is -1.69. The first kappa shape index (κ1) is 13.7. The molecule has 2 rings (SSSR count). The van der Waals surface area contributed by atoms with Gasteiger partial charge in [0.15, 0.2) is 6.61 Å². The molecule has 1 aromatic heterocycles. The van der Waals surface area contributed by atoms with E-state index < -0.39 is 12.8 Å². The molecule has 0 aliphatic heterocycles. The molecule has 0 saturated heterocycles. The van der Waals surface area contributed by atoms with Crippen LogP contribution in [0.4, 0.5) is 18.9 Å². The van der Waals surface area contributed by atoms with Crippen LogP contribution in [0.2, 0.25) is 0 Å². The summed E-state index contributed by atoms with van der Waals surface area (Å²) in [6, 6.07) is 8.55. The van der Waals surface area contributed by atoms with Gasteiger partial charge in [-0.1, -0.05) is 12.1 Å². The van der Waals surface area contributed by atoms with Gasteiger partial charge in [0.25, 0.3) is 0 Å². The predicted octanol–water partition coefficient (Wildman–Crippen LogP) is 4.30. The van der Waals surface area contributed by atoms with Crippen LogP contribution in [0.15, 0.2) is 41.1 Å². The molecule has 0 radical (unpaired) electrons. The molecular weight excluding hydrogens is 275 g/mol. The third kappa shape index (κ3) is 4.48. The van der Waals surface area contributed by atoms with Crippen LogP contribution in [-0.4, -0.2) is 12.8 Å². The SMILES string of the molecule is FC(F)(F)COc1ccccc1NCc1ccsc1. The quantitative estimate of drug-likeness (QED) is 0.885. The van der Waals surface area contributed by atoms with E-state index in [9.17, 15) is 13.2 Å². The molecule has 0 aliphatic rings. The normalized spacial score (nSPS) is 11.3. The zero-order valence-electron chi connectivity index (χ0n) is 9.91. The van der Waals surface area contributed by atoms with Crippen molar-refractivity contribution in [2.45, 2.75) is 12.7 Å². The minimum absolute atomic E-state index is 0.204. The molecule has 1 N–H and O–H groups in total. The maximum absolute atomic E-state index is 12.1. The molecule has 19 heavy (non-hydrogen) atoms. The fraction of sp³-hybridized carbons (Fsp3) is 0.231. The summed E-state index contributed by atoms with van der Waals surface area (Å²) in [6.45, 7) is -0.736. The molecular formula is C13H12F3NOS. The van der Waals surface area contributed by atoms with Crippen LogP contribution in [0.3, 0.4) is 0 Å². The van der Waals surface area contributed by atoms with Crippen LogP contribution in [-0.2, 0) is 6.54 Å². The van der Waals surface area contributed by atoms with E-state index >= 15 is 0 Å². The highest BCUT2D eigenvalue weighted by Gasteiger charge is 2.28. The third-order valence-corrected chi connectivity index (χ3v) is 3.07. The summed E-state index contributed by atoms with van der Waals surface area (Å²) in [5.74, 6) is 0.204. The van der Waals surface area contributed by atoms with Crippen LogP contribution in [0.5, 0.6) is 5.75 Å². The van der Waals surface area contributed by atoms with Crippen molar-refractivity contribution in [3.05, 3.63) is 46.7 Å². The lowest BCUT2D eigenvalue weighted by Crippen LogP contribution is -2.19. The number of rotatable bonds is 5. The van der Waals surface area contributed by atoms with Crippen LogP contribution < -0.4 is 10.1 Å². The molecule has 0 saturated carbocycles. The molecule has 2 nitrogen and oxygen atoms in total. The van der Waals surface area contributed by atoms with Gasteiger partial charge in [-0.2, -0.15) is 24.5 Å². The number of nitrogens with one attached hydrogen (secondary N) is 1. The fourth-order valence-electron chi connectivity index (χ4n) is 1.49. The molecule has 102 valence electrons. The second kappa shape index (κ2) is 5.97. The Bertz CT molecular complexity index is 511. The number of hydrogen-bond acceptors (Lipinski definition) is 3. The molecule has 0 unspecified atom stereocenters. The number of para-hydroxylation sites is 2. The summed E-state index contributed by atoms with van der Waals surface area (Å²) < 4.78 is 41.2. The molecule has 0 bridgehead atoms. The van der Waals surface area contributed by atoms with Crippen molar-refractivity contribution in [1.82, 2.24) is 0 Å². The van der Waals surface area contributed by atoms with Crippen molar-refractivity contribution in [3.63, 3.8) is 0 Å². The summed E-state index contributed by atoms with van der Waals surface area (Å²) in [4.78, 5) is 0. The highest BCUT2D eigenvalue weighted by atomic mass is 32.1. The summed E-state index contributed by atoms with van der Waals surface area (Å²) in [5, 5.41) is 6.99. The fourth-order valence-corrected chi connectivity index (χ4v) is 2.16. The Morgan fingerprint density at radius 1 is 1.16 bits per heavy atom. The Morgan fingerprint density at radius 3 is 2.63 bits per heavy atom. The maximum Gasteiger partial charge on any atom is 0.422 e. The summed E-state index contributed by atoms with van der Waals surface area (Å²) in [7, 11) is 0. The van der Waals surface area contributed by atoms with Crippen LogP contribution in [0.1, 0.15) is 5.56 Å². The van der Waals surface area contributed by atoms with Gasteiger partial charge in [0.2, 0.25) is 0 Å². The molecule has 0 fully saturated rings. The third-order valence-electron chi connectivity index (χ3n) is 2.34. The Labute approximate surface area is 112 Å². The number of halogens is 3. The highest BCUT2D eigenvalue weighted by molar-refractivity contribution is 7.07. The Kier molecular flexibility index (Phi) is 4.31. The van der Waals surface area contributed by atoms with Crippen molar-refractivity contribution in [3.8, 4) is 5.75 Å². The van der Waals surface area contributed by atoms with Crippen LogP contribution in [0.25, 0.3) is 0 Å². The molecule has 0 aliphatic carbocycles. The first-order chi connectivity index (χ1) is 9.04. The average molecular weight is 287 g/mol. The Morgan fingerprint density at radius 2 is 1.95 bits per heavy atom. The van der Waals surface area contributed by atoms with E-state index in [-0.39, 0.29) is 5.75 Å². The molecule has 1 heterocycles. The minimum Gasteiger partial charge on any atom is -0.482 e. The van der Waals surface area contributed by atoms with E-state index in [1.807, 2.05) is 16.8 Å². The van der Waals surface area contributed by atoms with Gasteiger partial charge in [-0.3, -0.25) is 0 Å². The number of alkyl halides is 3. The lowest BCUT2D eigenvalue weighted by Gasteiger charge is -2.14. The van der Waals surface area contributed by atoms with Crippen molar-refractivity contribution in [2.24, 2.45) is 0 Å². The van der Waals surface area contributed by atoms with E-state index in [1.165, 1.54) is 6.07 Å². The second-order valence-corrected chi connectivity index (χ2v) is 4.67. The van der Waals surface area contributed by atoms with Crippen molar-refractivity contribution >= 4 is 17.0 Å². The average Bonchev–Trinajstić information content (AvgIpc) is 2.87. The number of ether oxygens (including phenoxy) is 1. The minimum atomic E-state index is -4.33. The van der Waals surface area contributed by atoms with Gasteiger partial charge in [0.1, 0.15) is 5.75 Å². The number of hydrogen-bond donors (Lipinski definition) is 1. The summed E-state index contributed by atoms with van der Waals surface area (Å²) in [6.07, 6.45) is -4.33. The first-order valence-electron chi connectivity index (χ1n) is 5.58. The standard InChI is InChI=1S/C13H12F3NOS/c14-13(15,16)9-18-12-4-2-1-3-11(12)17-7-10-5-6-19-8-10/h1-6,8,17H,7,9H2. The molecule has 2 aromatic rings. The van der Waals surface area contributed by atoms with Gasteiger partial charge in [-0.15, -0.1) is 0 Å². The van der Waals surface area contributed by atoms with Gasteiger partial charge >= 0.3 is 6.18 Å². The number of thiophene rings is 1. The van der Waals surface area contributed by atoms with Crippen molar-refractivity contribution in [2.75, 3.05) is 11.9 Å². The summed E-state index contributed by atoms with van der Waals surface area (Å²) in [5.41, 5.74) is 1.63. The number of anilines is 1. The molecule has 0 atom stereocenters. The van der Waals surface area contributed by atoms with Gasteiger partial charge in [-0.25, -0.2) is 0 Å². The van der Waals surface area contributed by atoms with Gasteiger partial charge in [-0.05, 0) is 34.5 Å². The maximum atomic E-state index is 12.1. The van der Waals surface area contributed by atoms with Gasteiger partial charge in [0.05, 0.1) is 5.69 Å². The zero-order valence-corrected chi connectivity index (χ0v) is 10.7. The predicted molar refractivity (Wildman–Crippen MR) is 69.6 cm³/mol. The van der Waals surface area contributed by atoms with Gasteiger partial charge in [0, 0.05) is 6.54 Å². The lowest BCUT2D eigenvalue weighted by molar-refractivity contribution is -0.153. The molecule has 6 heteroatoms. The van der Waals surface area contributed by atoms with Gasteiger partial charge < -0.3 is 10.1 Å². The lowest BCUT2D eigenvalue weighted by atomic mass is 10.2. The van der Waals surface area contributed by atoms with E-state index in [4.69, 9.17) is 4.74 Å². The zero-order chi connectivity index (χ0) is 13.7. The van der Waals surface area contributed by atoms with Crippen molar-refractivity contribution < 1.29 is 17.9 Å². The van der Waals surface area contributed by atoms with E-state index in [2.05, 4.69) is 5.32 Å². The smallest absolute Gasteiger partial charge is 0.422 e. The molecule has 1 aromatic carbocycles. The first-order valence-corrected chi connectivity index (χ1v) is 6.52. The summed E-state index contributed by atoms with van der Waals surface area (Å²) >= 11 is 1.57. The largest absolute Gasteiger partial charge is 0.482 e. The van der Waals surface area contributed by atoms with Crippen LogP contribution >= 0.6 is 11.3 Å². The van der Waals surface area contributed by atoms with Crippen LogP contribution in [0, 0.1) is 0 Å². The van der Waals surface area contributed by atoms with E-state index in [0.717, 1.165) is 5.56 Å². The van der Waals surface area contributed by atoms with E-state index in [1.54, 1.807) is 29.5 Å². The van der Waals surface area contributed by atoms with Crippen molar-refractivity contribution in [1.29, 1.82) is 0 Å².